The lowest BCUT2D eigenvalue weighted by molar-refractivity contribution is -0.126. The van der Waals surface area contributed by atoms with E-state index in [1.165, 1.54) is 5.56 Å². The van der Waals surface area contributed by atoms with Gasteiger partial charge in [-0.15, -0.1) is 0 Å². The quantitative estimate of drug-likeness (QED) is 0.705. The number of aromatic nitrogens is 1. The van der Waals surface area contributed by atoms with Crippen LogP contribution in [0.15, 0.2) is 42.6 Å². The van der Waals surface area contributed by atoms with Crippen LogP contribution in [0.5, 0.6) is 11.6 Å². The van der Waals surface area contributed by atoms with Gasteiger partial charge in [0.25, 0.3) is 0 Å². The Hall–Kier alpha value is -2.60. The molecule has 1 aromatic heterocycles. The molecule has 3 rings (SSSR count). The number of nitrogens with one attached hydrogen (secondary N) is 1. The van der Waals surface area contributed by atoms with Crippen molar-refractivity contribution in [1.82, 2.24) is 15.2 Å². The lowest BCUT2D eigenvalue weighted by Crippen LogP contribution is -2.40. The third kappa shape index (κ3) is 6.19. The number of carbonyl (C=O) groups excluding carboxylic acids is 1. The van der Waals surface area contributed by atoms with Crippen LogP contribution in [0.3, 0.4) is 0 Å². The molecule has 1 N–H and O–H groups in total. The maximum atomic E-state index is 12.5. The van der Waals surface area contributed by atoms with Gasteiger partial charge < -0.3 is 14.8 Å². The molecule has 1 aromatic carbocycles. The van der Waals surface area contributed by atoms with Gasteiger partial charge in [-0.25, -0.2) is 4.98 Å². The number of likely N-dealkylation sites (tertiary alicyclic amines) is 1. The van der Waals surface area contributed by atoms with Crippen LogP contribution in [0.1, 0.15) is 30.9 Å². The van der Waals surface area contributed by atoms with Crippen LogP contribution in [0.4, 0.5) is 0 Å². The summed E-state index contributed by atoms with van der Waals surface area (Å²) in [5, 5.41) is 3.10. The van der Waals surface area contributed by atoms with Crippen LogP contribution in [0.25, 0.3) is 0 Å². The molecular weight excluding hydrogens is 366 g/mol. The molecule has 1 saturated heterocycles. The molecule has 2 heterocycles. The summed E-state index contributed by atoms with van der Waals surface area (Å²) < 4.78 is 10.9. The summed E-state index contributed by atoms with van der Waals surface area (Å²) in [5.74, 6) is 1.83. The molecular formula is C23H31N3O3. The number of nitrogens with zero attached hydrogens (tertiary/aromatic N) is 2. The zero-order valence-corrected chi connectivity index (χ0v) is 17.4. The summed E-state index contributed by atoms with van der Waals surface area (Å²) in [5.41, 5.74) is 2.27. The molecule has 6 heteroatoms. The molecule has 6 nitrogen and oxygen atoms in total. The van der Waals surface area contributed by atoms with Gasteiger partial charge in [0.2, 0.25) is 11.8 Å². The third-order valence-corrected chi connectivity index (χ3v) is 5.33. The SMILES string of the molecule is CCOc1ncccc1CN1CCC(C(=O)NCCc2cccc(OC)c2)CC1. The van der Waals surface area contributed by atoms with E-state index in [9.17, 15) is 4.79 Å². The fourth-order valence-electron chi connectivity index (χ4n) is 3.71. The molecule has 1 fully saturated rings. The molecule has 1 aliphatic rings. The molecule has 0 aliphatic carbocycles. The Bertz CT molecular complexity index is 788. The van der Waals surface area contributed by atoms with E-state index >= 15 is 0 Å². The Kier molecular flexibility index (Phi) is 7.87. The van der Waals surface area contributed by atoms with Crippen molar-refractivity contribution < 1.29 is 14.3 Å². The van der Waals surface area contributed by atoms with Gasteiger partial charge >= 0.3 is 0 Å². The molecule has 0 saturated carbocycles. The van der Waals surface area contributed by atoms with Gasteiger partial charge in [-0.05, 0) is 63.0 Å². The van der Waals surface area contributed by atoms with Crippen LogP contribution in [0, 0.1) is 5.92 Å². The summed E-state index contributed by atoms with van der Waals surface area (Å²) >= 11 is 0. The summed E-state index contributed by atoms with van der Waals surface area (Å²) in [6, 6.07) is 12.0. The number of benzene rings is 1. The fraction of sp³-hybridized carbons (Fsp3) is 0.478. The van der Waals surface area contributed by atoms with Crippen LogP contribution in [-0.4, -0.2) is 49.1 Å². The van der Waals surface area contributed by atoms with E-state index in [2.05, 4.69) is 27.3 Å². The highest BCUT2D eigenvalue weighted by atomic mass is 16.5. The largest absolute Gasteiger partial charge is 0.497 e. The van der Waals surface area contributed by atoms with Crippen LogP contribution in [0.2, 0.25) is 0 Å². The molecule has 1 amide bonds. The highest BCUT2D eigenvalue weighted by Crippen LogP contribution is 2.22. The lowest BCUT2D eigenvalue weighted by atomic mass is 9.95. The summed E-state index contributed by atoms with van der Waals surface area (Å²) in [7, 11) is 1.67. The molecule has 0 atom stereocenters. The summed E-state index contributed by atoms with van der Waals surface area (Å²) in [6.45, 7) is 5.87. The van der Waals surface area contributed by atoms with Gasteiger partial charge in [0.15, 0.2) is 0 Å². The standard InChI is InChI=1S/C23H31N3O3/c1-3-29-23-20(7-5-12-25-23)17-26-14-10-19(11-15-26)22(27)24-13-9-18-6-4-8-21(16-18)28-2/h4-8,12,16,19H,3,9-11,13-15,17H2,1-2H3,(H,24,27). The number of methoxy groups -OCH3 is 1. The Morgan fingerprint density at radius 3 is 2.83 bits per heavy atom. The number of pyridine rings is 1. The van der Waals surface area contributed by atoms with E-state index in [0.717, 1.165) is 50.2 Å². The molecule has 1 aliphatic heterocycles. The van der Waals surface area contributed by atoms with Crippen molar-refractivity contribution in [2.45, 2.75) is 32.7 Å². The smallest absolute Gasteiger partial charge is 0.223 e. The van der Waals surface area contributed by atoms with Crippen molar-refractivity contribution >= 4 is 5.91 Å². The van der Waals surface area contributed by atoms with Crippen LogP contribution >= 0.6 is 0 Å². The zero-order valence-electron chi connectivity index (χ0n) is 17.4. The number of ether oxygens (including phenoxy) is 2. The van der Waals surface area contributed by atoms with Crippen LogP contribution in [-0.2, 0) is 17.8 Å². The average molecular weight is 398 g/mol. The fourth-order valence-corrected chi connectivity index (χ4v) is 3.71. The number of rotatable bonds is 9. The second-order valence-electron chi connectivity index (χ2n) is 7.34. The second kappa shape index (κ2) is 10.8. The minimum atomic E-state index is 0.0943. The van der Waals surface area contributed by atoms with Gasteiger partial charge in [0, 0.05) is 30.8 Å². The second-order valence-corrected chi connectivity index (χ2v) is 7.34. The average Bonchev–Trinajstić information content (AvgIpc) is 2.76. The van der Waals surface area contributed by atoms with E-state index in [-0.39, 0.29) is 11.8 Å². The molecule has 0 radical (unpaired) electrons. The molecule has 0 spiro atoms. The van der Waals surface area contributed by atoms with Crippen molar-refractivity contribution in [3.05, 3.63) is 53.7 Å². The van der Waals surface area contributed by atoms with Gasteiger partial charge in [0.05, 0.1) is 13.7 Å². The maximum absolute atomic E-state index is 12.5. The van der Waals surface area contributed by atoms with E-state index in [1.54, 1.807) is 13.3 Å². The van der Waals surface area contributed by atoms with Crippen molar-refractivity contribution in [3.8, 4) is 11.6 Å². The Balaban J connectivity index is 1.41. The Morgan fingerprint density at radius 1 is 1.24 bits per heavy atom. The minimum absolute atomic E-state index is 0.0943. The van der Waals surface area contributed by atoms with Crippen molar-refractivity contribution in [3.63, 3.8) is 0 Å². The first-order valence-corrected chi connectivity index (χ1v) is 10.4. The van der Waals surface area contributed by atoms with Crippen molar-refractivity contribution in [2.24, 2.45) is 5.92 Å². The van der Waals surface area contributed by atoms with E-state index < -0.39 is 0 Å². The maximum Gasteiger partial charge on any atom is 0.223 e. The molecule has 2 aromatic rings. The summed E-state index contributed by atoms with van der Waals surface area (Å²) in [6.07, 6.45) is 4.34. The first kappa shape index (κ1) is 21.1. The Morgan fingerprint density at radius 2 is 2.07 bits per heavy atom. The van der Waals surface area contributed by atoms with E-state index in [0.29, 0.717) is 19.0 Å². The lowest BCUT2D eigenvalue weighted by Gasteiger charge is -2.31. The van der Waals surface area contributed by atoms with Crippen molar-refractivity contribution in [1.29, 1.82) is 0 Å². The summed E-state index contributed by atoms with van der Waals surface area (Å²) in [4.78, 5) is 19.2. The normalized spacial score (nSPS) is 15.1. The van der Waals surface area contributed by atoms with Gasteiger partial charge in [-0.3, -0.25) is 9.69 Å². The van der Waals surface area contributed by atoms with Crippen molar-refractivity contribution in [2.75, 3.05) is 33.4 Å². The van der Waals surface area contributed by atoms with E-state index in [4.69, 9.17) is 9.47 Å². The molecule has 29 heavy (non-hydrogen) atoms. The molecule has 156 valence electrons. The van der Waals surface area contributed by atoms with Gasteiger partial charge in [-0.2, -0.15) is 0 Å². The Labute approximate surface area is 173 Å². The highest BCUT2D eigenvalue weighted by Gasteiger charge is 2.25. The molecule has 0 bridgehead atoms. The molecule has 0 unspecified atom stereocenters. The number of hydrogen-bond acceptors (Lipinski definition) is 5. The number of hydrogen-bond donors (Lipinski definition) is 1. The first-order valence-electron chi connectivity index (χ1n) is 10.4. The highest BCUT2D eigenvalue weighted by molar-refractivity contribution is 5.78. The topological polar surface area (TPSA) is 63.7 Å². The minimum Gasteiger partial charge on any atom is -0.497 e. The monoisotopic (exact) mass is 397 g/mol. The predicted molar refractivity (Wildman–Crippen MR) is 113 cm³/mol. The van der Waals surface area contributed by atoms with E-state index in [1.807, 2.05) is 31.2 Å². The van der Waals surface area contributed by atoms with Crippen LogP contribution < -0.4 is 14.8 Å². The number of amides is 1. The predicted octanol–water partition coefficient (Wildman–Crippen LogP) is 3.06. The number of carbonyl (C=O) groups is 1. The third-order valence-electron chi connectivity index (χ3n) is 5.33. The van der Waals surface area contributed by atoms with Gasteiger partial charge in [-0.1, -0.05) is 18.2 Å². The van der Waals surface area contributed by atoms with Gasteiger partial charge in [0.1, 0.15) is 5.75 Å². The number of piperidine rings is 1. The zero-order chi connectivity index (χ0) is 20.5. The first-order chi connectivity index (χ1) is 14.2.